The van der Waals surface area contributed by atoms with E-state index in [1.165, 1.54) is 0 Å². The van der Waals surface area contributed by atoms with E-state index in [0.717, 1.165) is 28.9 Å². The predicted octanol–water partition coefficient (Wildman–Crippen LogP) is 3.89. The Bertz CT molecular complexity index is 778. The topological polar surface area (TPSA) is 57.8 Å². The molecule has 4 nitrogen and oxygen atoms in total. The van der Waals surface area contributed by atoms with Gasteiger partial charge in [0.15, 0.2) is 0 Å². The first-order valence-corrected chi connectivity index (χ1v) is 7.28. The highest BCUT2D eigenvalue weighted by molar-refractivity contribution is 6.03. The summed E-state index contributed by atoms with van der Waals surface area (Å²) in [4.78, 5) is 12.3. The number of anilines is 1. The zero-order valence-electron chi connectivity index (χ0n) is 12.3. The molecule has 0 saturated heterocycles. The molecular weight excluding hydrogens is 274 g/mol. The van der Waals surface area contributed by atoms with Crippen molar-refractivity contribution in [3.05, 3.63) is 71.9 Å². The minimum absolute atomic E-state index is 0.185. The molecule has 2 N–H and O–H groups in total. The van der Waals surface area contributed by atoms with Crippen LogP contribution in [0.25, 0.3) is 11.3 Å². The number of hydrogen-bond acceptors (Lipinski definition) is 2. The van der Waals surface area contributed by atoms with Gasteiger partial charge < -0.3 is 5.32 Å². The summed E-state index contributed by atoms with van der Waals surface area (Å²) in [6.45, 7) is 2.06. The van der Waals surface area contributed by atoms with E-state index in [1.54, 1.807) is 6.07 Å². The Kier molecular flexibility index (Phi) is 4.01. The largest absolute Gasteiger partial charge is 0.320 e. The van der Waals surface area contributed by atoms with Gasteiger partial charge >= 0.3 is 0 Å². The monoisotopic (exact) mass is 291 g/mol. The number of benzene rings is 2. The molecule has 0 atom stereocenters. The summed E-state index contributed by atoms with van der Waals surface area (Å²) in [5.74, 6) is -0.185. The Labute approximate surface area is 129 Å². The van der Waals surface area contributed by atoms with Crippen LogP contribution in [0.4, 0.5) is 5.69 Å². The van der Waals surface area contributed by atoms with Crippen molar-refractivity contribution in [3.8, 4) is 11.3 Å². The molecule has 0 unspecified atom stereocenters. The van der Waals surface area contributed by atoms with Gasteiger partial charge in [0.05, 0.1) is 5.69 Å². The molecule has 0 spiro atoms. The molecule has 0 aliphatic carbocycles. The molecule has 110 valence electrons. The number of para-hydroxylation sites is 1. The third-order valence-corrected chi connectivity index (χ3v) is 3.54. The fraction of sp³-hybridized carbons (Fsp3) is 0.111. The van der Waals surface area contributed by atoms with Crippen LogP contribution in [0.2, 0.25) is 0 Å². The second-order valence-electron chi connectivity index (χ2n) is 5.00. The van der Waals surface area contributed by atoms with E-state index in [1.807, 2.05) is 54.6 Å². The van der Waals surface area contributed by atoms with E-state index in [9.17, 15) is 4.79 Å². The van der Waals surface area contributed by atoms with Gasteiger partial charge in [-0.1, -0.05) is 55.5 Å². The molecule has 0 fully saturated rings. The Balaban J connectivity index is 1.80. The molecule has 1 heterocycles. The second kappa shape index (κ2) is 6.26. The van der Waals surface area contributed by atoms with Crippen LogP contribution in [0, 0.1) is 0 Å². The average molecular weight is 291 g/mol. The molecule has 0 aliphatic rings. The summed E-state index contributed by atoms with van der Waals surface area (Å²) in [5, 5.41) is 9.94. The average Bonchev–Trinajstić information content (AvgIpc) is 3.06. The number of aromatic amines is 1. The van der Waals surface area contributed by atoms with Crippen LogP contribution >= 0.6 is 0 Å². The van der Waals surface area contributed by atoms with Crippen molar-refractivity contribution in [2.45, 2.75) is 13.3 Å². The Morgan fingerprint density at radius 1 is 1.09 bits per heavy atom. The van der Waals surface area contributed by atoms with Gasteiger partial charge in [0, 0.05) is 11.3 Å². The third kappa shape index (κ3) is 2.91. The molecule has 1 aromatic heterocycles. The lowest BCUT2D eigenvalue weighted by Crippen LogP contribution is -2.13. The quantitative estimate of drug-likeness (QED) is 0.766. The van der Waals surface area contributed by atoms with Gasteiger partial charge in [-0.25, -0.2) is 0 Å². The van der Waals surface area contributed by atoms with Crippen molar-refractivity contribution in [3.63, 3.8) is 0 Å². The highest BCUT2D eigenvalue weighted by atomic mass is 16.1. The second-order valence-corrected chi connectivity index (χ2v) is 5.00. The number of hydrogen-bond donors (Lipinski definition) is 2. The van der Waals surface area contributed by atoms with E-state index in [2.05, 4.69) is 22.4 Å². The van der Waals surface area contributed by atoms with Crippen molar-refractivity contribution in [2.75, 3.05) is 5.32 Å². The summed E-state index contributed by atoms with van der Waals surface area (Å²) >= 11 is 0. The van der Waals surface area contributed by atoms with Crippen LogP contribution in [0.1, 0.15) is 23.0 Å². The number of rotatable bonds is 4. The lowest BCUT2D eigenvalue weighted by Gasteiger charge is -2.08. The SMILES string of the molecule is CCc1ccccc1NC(=O)c1cc(-c2ccccc2)n[nH]1. The van der Waals surface area contributed by atoms with Crippen molar-refractivity contribution in [1.29, 1.82) is 0 Å². The molecule has 3 rings (SSSR count). The summed E-state index contributed by atoms with van der Waals surface area (Å²) in [6, 6.07) is 19.3. The van der Waals surface area contributed by atoms with Gasteiger partial charge in [-0.15, -0.1) is 0 Å². The summed E-state index contributed by atoms with van der Waals surface area (Å²) in [6.07, 6.45) is 0.870. The molecule has 4 heteroatoms. The summed E-state index contributed by atoms with van der Waals surface area (Å²) in [5.41, 5.74) is 4.13. The molecule has 0 bridgehead atoms. The molecular formula is C18H17N3O. The maximum Gasteiger partial charge on any atom is 0.273 e. The number of carbonyl (C=O) groups is 1. The third-order valence-electron chi connectivity index (χ3n) is 3.54. The molecule has 0 radical (unpaired) electrons. The van der Waals surface area contributed by atoms with Gasteiger partial charge in [0.25, 0.3) is 5.91 Å². The number of nitrogens with one attached hydrogen (secondary N) is 2. The Hall–Kier alpha value is -2.88. The Morgan fingerprint density at radius 2 is 1.82 bits per heavy atom. The minimum atomic E-state index is -0.185. The number of H-pyrrole nitrogens is 1. The lowest BCUT2D eigenvalue weighted by molar-refractivity contribution is 0.102. The molecule has 1 amide bonds. The summed E-state index contributed by atoms with van der Waals surface area (Å²) in [7, 11) is 0. The van der Waals surface area contributed by atoms with Crippen LogP contribution in [0.5, 0.6) is 0 Å². The number of amides is 1. The van der Waals surface area contributed by atoms with Crippen LogP contribution in [0.3, 0.4) is 0 Å². The van der Waals surface area contributed by atoms with Crippen LogP contribution in [-0.4, -0.2) is 16.1 Å². The fourth-order valence-electron chi connectivity index (χ4n) is 2.34. The highest BCUT2D eigenvalue weighted by Gasteiger charge is 2.12. The van der Waals surface area contributed by atoms with E-state index in [4.69, 9.17) is 0 Å². The maximum atomic E-state index is 12.3. The first-order chi connectivity index (χ1) is 10.8. The van der Waals surface area contributed by atoms with Gasteiger partial charge in [-0.2, -0.15) is 5.10 Å². The first kappa shape index (κ1) is 14.1. The summed E-state index contributed by atoms with van der Waals surface area (Å²) < 4.78 is 0. The molecule has 0 saturated carbocycles. The smallest absolute Gasteiger partial charge is 0.273 e. The van der Waals surface area contributed by atoms with E-state index >= 15 is 0 Å². The first-order valence-electron chi connectivity index (χ1n) is 7.28. The normalized spacial score (nSPS) is 10.4. The number of nitrogens with zero attached hydrogens (tertiary/aromatic N) is 1. The maximum absolute atomic E-state index is 12.3. The van der Waals surface area contributed by atoms with Crippen molar-refractivity contribution >= 4 is 11.6 Å². The standard InChI is InChI=1S/C18H17N3O/c1-2-13-8-6-7-11-15(13)19-18(22)17-12-16(20-21-17)14-9-4-3-5-10-14/h3-12H,2H2,1H3,(H,19,22)(H,20,21). The number of carbonyl (C=O) groups excluding carboxylic acids is 1. The molecule has 3 aromatic rings. The predicted molar refractivity (Wildman–Crippen MR) is 87.8 cm³/mol. The zero-order valence-corrected chi connectivity index (χ0v) is 12.3. The van der Waals surface area contributed by atoms with Crippen LogP contribution < -0.4 is 5.32 Å². The van der Waals surface area contributed by atoms with Gasteiger partial charge in [0.2, 0.25) is 0 Å². The fourth-order valence-corrected chi connectivity index (χ4v) is 2.34. The van der Waals surface area contributed by atoms with Crippen molar-refractivity contribution < 1.29 is 4.79 Å². The molecule has 0 aliphatic heterocycles. The van der Waals surface area contributed by atoms with E-state index < -0.39 is 0 Å². The molecule has 2 aromatic carbocycles. The zero-order chi connectivity index (χ0) is 15.4. The molecule has 22 heavy (non-hydrogen) atoms. The van der Waals surface area contributed by atoms with E-state index in [0.29, 0.717) is 5.69 Å². The lowest BCUT2D eigenvalue weighted by atomic mass is 10.1. The van der Waals surface area contributed by atoms with Crippen LogP contribution in [0.15, 0.2) is 60.7 Å². The highest BCUT2D eigenvalue weighted by Crippen LogP contribution is 2.19. The number of aromatic nitrogens is 2. The van der Waals surface area contributed by atoms with Gasteiger partial charge in [0.1, 0.15) is 5.69 Å². The van der Waals surface area contributed by atoms with Crippen LogP contribution in [-0.2, 0) is 6.42 Å². The van der Waals surface area contributed by atoms with Crippen molar-refractivity contribution in [2.24, 2.45) is 0 Å². The Morgan fingerprint density at radius 3 is 2.59 bits per heavy atom. The van der Waals surface area contributed by atoms with Crippen molar-refractivity contribution in [1.82, 2.24) is 10.2 Å². The van der Waals surface area contributed by atoms with E-state index in [-0.39, 0.29) is 5.91 Å². The minimum Gasteiger partial charge on any atom is -0.320 e. The number of aryl methyl sites for hydroxylation is 1. The van der Waals surface area contributed by atoms with Gasteiger partial charge in [-0.05, 0) is 24.1 Å². The van der Waals surface area contributed by atoms with Gasteiger partial charge in [-0.3, -0.25) is 9.89 Å².